The first-order valence-corrected chi connectivity index (χ1v) is 5.32. The third kappa shape index (κ3) is 2.28. The van der Waals surface area contributed by atoms with Crippen molar-refractivity contribution in [2.75, 3.05) is 0 Å². The van der Waals surface area contributed by atoms with Crippen LogP contribution in [0.1, 0.15) is 5.56 Å². The van der Waals surface area contributed by atoms with Crippen molar-refractivity contribution in [1.29, 1.82) is 0 Å². The van der Waals surface area contributed by atoms with Gasteiger partial charge in [0.25, 0.3) is 0 Å². The minimum atomic E-state index is -0.206. The van der Waals surface area contributed by atoms with E-state index in [4.69, 9.17) is 0 Å². The second-order valence-corrected chi connectivity index (χ2v) is 3.71. The number of aromatic hydroxyl groups is 1. The van der Waals surface area contributed by atoms with Crippen LogP contribution in [0.2, 0.25) is 0 Å². The van der Waals surface area contributed by atoms with E-state index in [-0.39, 0.29) is 11.7 Å². The molecule has 0 atom stereocenters. The molecule has 1 amide bonds. The highest BCUT2D eigenvalue weighted by atomic mass is 16.3. The van der Waals surface area contributed by atoms with Crippen LogP contribution >= 0.6 is 0 Å². The van der Waals surface area contributed by atoms with E-state index in [2.05, 4.69) is 11.9 Å². The van der Waals surface area contributed by atoms with Gasteiger partial charge in [-0.2, -0.15) is 0 Å². The Morgan fingerprint density at radius 1 is 1.24 bits per heavy atom. The van der Waals surface area contributed by atoms with Crippen LogP contribution in [0.4, 0.5) is 0 Å². The third-order valence-corrected chi connectivity index (χ3v) is 2.63. The van der Waals surface area contributed by atoms with E-state index >= 15 is 0 Å². The molecule has 0 aliphatic carbocycles. The van der Waals surface area contributed by atoms with Gasteiger partial charge >= 0.3 is 0 Å². The van der Waals surface area contributed by atoms with Crippen molar-refractivity contribution in [1.82, 2.24) is 5.32 Å². The maximum absolute atomic E-state index is 11.1. The van der Waals surface area contributed by atoms with Gasteiger partial charge in [-0.1, -0.05) is 36.9 Å². The Labute approximate surface area is 99.4 Å². The van der Waals surface area contributed by atoms with Crippen LogP contribution in [0.5, 0.6) is 5.75 Å². The Bertz CT molecular complexity index is 575. The summed E-state index contributed by atoms with van der Waals surface area (Å²) >= 11 is 0. The molecule has 0 aliphatic rings. The molecule has 0 bridgehead atoms. The lowest BCUT2D eigenvalue weighted by Crippen LogP contribution is -2.20. The van der Waals surface area contributed by atoms with Gasteiger partial charge in [-0.15, -0.1) is 0 Å². The molecule has 3 heteroatoms. The lowest BCUT2D eigenvalue weighted by atomic mass is 10.0. The highest BCUT2D eigenvalue weighted by Crippen LogP contribution is 2.27. The highest BCUT2D eigenvalue weighted by Gasteiger charge is 2.04. The van der Waals surface area contributed by atoms with Gasteiger partial charge in [0.05, 0.1) is 0 Å². The summed E-state index contributed by atoms with van der Waals surface area (Å²) in [6.07, 6.45) is 1.24. The smallest absolute Gasteiger partial charge is 0.243 e. The number of amides is 1. The van der Waals surface area contributed by atoms with Crippen LogP contribution in [-0.4, -0.2) is 11.0 Å². The fraction of sp³-hybridized carbons (Fsp3) is 0.0714. The molecule has 17 heavy (non-hydrogen) atoms. The fourth-order valence-electron chi connectivity index (χ4n) is 1.75. The van der Waals surface area contributed by atoms with E-state index in [0.717, 1.165) is 16.3 Å². The topological polar surface area (TPSA) is 49.3 Å². The maximum Gasteiger partial charge on any atom is 0.243 e. The standard InChI is InChI=1S/C14H13NO2/c1-2-14(17)15-9-10-7-8-13(16)12-6-4-3-5-11(10)12/h2-8,16H,1,9H2,(H,15,17). The van der Waals surface area contributed by atoms with E-state index in [1.807, 2.05) is 24.3 Å². The average molecular weight is 227 g/mol. The Morgan fingerprint density at radius 2 is 1.94 bits per heavy atom. The third-order valence-electron chi connectivity index (χ3n) is 2.63. The number of benzene rings is 2. The molecule has 0 spiro atoms. The summed E-state index contributed by atoms with van der Waals surface area (Å²) in [6.45, 7) is 3.82. The second-order valence-electron chi connectivity index (χ2n) is 3.71. The number of nitrogens with one attached hydrogen (secondary N) is 1. The molecule has 2 aromatic rings. The monoisotopic (exact) mass is 227 g/mol. The van der Waals surface area contributed by atoms with Crippen LogP contribution in [0.15, 0.2) is 49.1 Å². The Morgan fingerprint density at radius 3 is 2.65 bits per heavy atom. The van der Waals surface area contributed by atoms with Crippen molar-refractivity contribution in [3.05, 3.63) is 54.6 Å². The summed E-state index contributed by atoms with van der Waals surface area (Å²) in [7, 11) is 0. The molecule has 0 fully saturated rings. The normalized spacial score (nSPS) is 10.1. The highest BCUT2D eigenvalue weighted by molar-refractivity contribution is 5.91. The summed E-state index contributed by atoms with van der Waals surface area (Å²) in [4.78, 5) is 11.1. The zero-order valence-electron chi connectivity index (χ0n) is 9.31. The van der Waals surface area contributed by atoms with E-state index in [1.54, 1.807) is 12.1 Å². The van der Waals surface area contributed by atoms with Gasteiger partial charge in [0.2, 0.25) is 5.91 Å². The molecule has 2 rings (SSSR count). The van der Waals surface area contributed by atoms with Crippen LogP contribution in [-0.2, 0) is 11.3 Å². The van der Waals surface area contributed by atoms with E-state index in [0.29, 0.717) is 6.54 Å². The van der Waals surface area contributed by atoms with Gasteiger partial charge in [0.15, 0.2) is 0 Å². The average Bonchev–Trinajstić information content (AvgIpc) is 2.38. The minimum absolute atomic E-state index is 0.206. The van der Waals surface area contributed by atoms with Crippen LogP contribution in [0, 0.1) is 0 Å². The molecule has 0 radical (unpaired) electrons. The van der Waals surface area contributed by atoms with E-state index in [1.165, 1.54) is 6.08 Å². The molecule has 2 aromatic carbocycles. The predicted octanol–water partition coefficient (Wildman–Crippen LogP) is 2.35. The van der Waals surface area contributed by atoms with Crippen molar-refractivity contribution in [3.63, 3.8) is 0 Å². The number of fused-ring (bicyclic) bond motifs is 1. The molecule has 0 saturated heterocycles. The molecule has 0 heterocycles. The van der Waals surface area contributed by atoms with E-state index < -0.39 is 0 Å². The largest absolute Gasteiger partial charge is 0.507 e. The number of phenolic OH excluding ortho intramolecular Hbond substituents is 1. The Hall–Kier alpha value is -2.29. The molecule has 2 N–H and O–H groups in total. The summed E-state index contributed by atoms with van der Waals surface area (Å²) in [5.74, 6) is 0.0431. The summed E-state index contributed by atoms with van der Waals surface area (Å²) in [6, 6.07) is 11.0. The molecule has 0 saturated carbocycles. The summed E-state index contributed by atoms with van der Waals surface area (Å²) in [5.41, 5.74) is 0.966. The molecule has 0 unspecified atom stereocenters. The Balaban J connectivity index is 2.38. The van der Waals surface area contributed by atoms with Gasteiger partial charge in [-0.3, -0.25) is 4.79 Å². The van der Waals surface area contributed by atoms with Crippen molar-refractivity contribution in [2.45, 2.75) is 6.54 Å². The van der Waals surface area contributed by atoms with Gasteiger partial charge in [-0.05, 0) is 23.1 Å². The first kappa shape index (κ1) is 11.2. The predicted molar refractivity (Wildman–Crippen MR) is 67.7 cm³/mol. The van der Waals surface area contributed by atoms with Crippen molar-refractivity contribution in [3.8, 4) is 5.75 Å². The lowest BCUT2D eigenvalue weighted by Gasteiger charge is -2.08. The SMILES string of the molecule is C=CC(=O)NCc1ccc(O)c2ccccc12. The lowest BCUT2D eigenvalue weighted by molar-refractivity contribution is -0.116. The fourth-order valence-corrected chi connectivity index (χ4v) is 1.75. The molecule has 3 nitrogen and oxygen atoms in total. The molecule has 0 aliphatic heterocycles. The van der Waals surface area contributed by atoms with Crippen molar-refractivity contribution in [2.24, 2.45) is 0 Å². The first-order chi connectivity index (χ1) is 8.22. The zero-order valence-corrected chi connectivity index (χ0v) is 9.31. The molecular formula is C14H13NO2. The van der Waals surface area contributed by atoms with Crippen molar-refractivity contribution >= 4 is 16.7 Å². The molecular weight excluding hydrogens is 214 g/mol. The summed E-state index contributed by atoms with van der Waals surface area (Å²) < 4.78 is 0. The van der Waals surface area contributed by atoms with Crippen molar-refractivity contribution < 1.29 is 9.90 Å². The zero-order chi connectivity index (χ0) is 12.3. The maximum atomic E-state index is 11.1. The van der Waals surface area contributed by atoms with Crippen LogP contribution in [0.25, 0.3) is 10.8 Å². The molecule has 86 valence electrons. The number of phenols is 1. The van der Waals surface area contributed by atoms with E-state index in [9.17, 15) is 9.90 Å². The molecule has 0 aromatic heterocycles. The van der Waals surface area contributed by atoms with Gasteiger partial charge in [0.1, 0.15) is 5.75 Å². The second kappa shape index (κ2) is 4.70. The first-order valence-electron chi connectivity index (χ1n) is 5.32. The number of hydrogen-bond donors (Lipinski definition) is 2. The number of hydrogen-bond acceptors (Lipinski definition) is 2. The number of carbonyl (C=O) groups is 1. The Kier molecular flexibility index (Phi) is 3.10. The van der Waals surface area contributed by atoms with Gasteiger partial charge < -0.3 is 10.4 Å². The number of carbonyl (C=O) groups excluding carboxylic acids is 1. The van der Waals surface area contributed by atoms with Gasteiger partial charge in [0, 0.05) is 11.9 Å². The van der Waals surface area contributed by atoms with Crippen LogP contribution < -0.4 is 5.32 Å². The number of rotatable bonds is 3. The summed E-state index contributed by atoms with van der Waals surface area (Å²) in [5, 5.41) is 14.2. The van der Waals surface area contributed by atoms with Gasteiger partial charge in [-0.25, -0.2) is 0 Å². The van der Waals surface area contributed by atoms with Crippen LogP contribution in [0.3, 0.4) is 0 Å². The quantitative estimate of drug-likeness (QED) is 0.791. The minimum Gasteiger partial charge on any atom is -0.507 e.